The number of hydrogen-bond acceptors (Lipinski definition) is 4. The molecular weight excluding hydrogens is 277 g/mol. The van der Waals surface area contributed by atoms with Crippen LogP contribution in [0.25, 0.3) is 0 Å². The lowest BCUT2D eigenvalue weighted by atomic mass is 10.3. The third-order valence-corrected chi connectivity index (χ3v) is 4.03. The molecule has 0 saturated carbocycles. The number of hydrogen-bond donors (Lipinski definition) is 1. The van der Waals surface area contributed by atoms with Crippen LogP contribution in [0.2, 0.25) is 0 Å². The smallest absolute Gasteiger partial charge is 0.162 e. The van der Waals surface area contributed by atoms with Crippen molar-refractivity contribution in [1.29, 1.82) is 0 Å². The van der Waals surface area contributed by atoms with Crippen molar-refractivity contribution in [2.24, 2.45) is 0 Å². The first-order valence-corrected chi connectivity index (χ1v) is 7.17. The summed E-state index contributed by atoms with van der Waals surface area (Å²) in [6.07, 6.45) is 0.869. The molecule has 0 amide bonds. The zero-order valence-electron chi connectivity index (χ0n) is 10.8. The Hall–Kier alpha value is -1.88. The van der Waals surface area contributed by atoms with Gasteiger partial charge in [0.1, 0.15) is 5.82 Å². The lowest BCUT2D eigenvalue weighted by Gasteiger charge is -2.10. The normalized spacial score (nSPS) is 13.8. The van der Waals surface area contributed by atoms with Crippen molar-refractivity contribution in [1.82, 2.24) is 0 Å². The lowest BCUT2D eigenvalue weighted by Crippen LogP contribution is -1.97. The maximum Gasteiger partial charge on any atom is 0.162 e. The van der Waals surface area contributed by atoms with Gasteiger partial charge in [0.05, 0.1) is 18.9 Å². The van der Waals surface area contributed by atoms with Gasteiger partial charge in [0.15, 0.2) is 11.5 Å². The third-order valence-electron chi connectivity index (χ3n) is 2.96. The topological polar surface area (TPSA) is 44.5 Å². The Balaban J connectivity index is 1.88. The Kier molecular flexibility index (Phi) is 3.69. The van der Waals surface area contributed by atoms with Gasteiger partial charge < -0.3 is 15.2 Å². The second-order valence-corrected chi connectivity index (χ2v) is 5.53. The molecule has 0 unspecified atom stereocenters. The monoisotopic (exact) mass is 291 g/mol. The molecule has 0 atom stereocenters. The molecule has 0 spiro atoms. The van der Waals surface area contributed by atoms with Crippen molar-refractivity contribution in [3.8, 4) is 11.5 Å². The van der Waals surface area contributed by atoms with Gasteiger partial charge in [-0.3, -0.25) is 0 Å². The quantitative estimate of drug-likeness (QED) is 0.856. The van der Waals surface area contributed by atoms with E-state index in [-0.39, 0.29) is 5.69 Å². The van der Waals surface area contributed by atoms with E-state index in [1.807, 2.05) is 18.2 Å². The van der Waals surface area contributed by atoms with E-state index in [1.165, 1.54) is 17.8 Å². The second-order valence-electron chi connectivity index (χ2n) is 4.41. The van der Waals surface area contributed by atoms with Crippen molar-refractivity contribution >= 4 is 17.4 Å². The Labute approximate surface area is 120 Å². The molecule has 1 aliphatic rings. The fraction of sp³-hybridized carbons (Fsp3) is 0.200. The highest BCUT2D eigenvalue weighted by Gasteiger charge is 2.12. The fourth-order valence-electron chi connectivity index (χ4n) is 1.94. The lowest BCUT2D eigenvalue weighted by molar-refractivity contribution is 0.297. The van der Waals surface area contributed by atoms with Crippen LogP contribution < -0.4 is 15.2 Å². The highest BCUT2D eigenvalue weighted by Crippen LogP contribution is 2.38. The molecule has 1 heterocycles. The number of fused-ring (bicyclic) bond motifs is 1. The van der Waals surface area contributed by atoms with E-state index in [0.717, 1.165) is 22.8 Å². The molecule has 0 aromatic heterocycles. The van der Waals surface area contributed by atoms with Gasteiger partial charge >= 0.3 is 0 Å². The highest BCUT2D eigenvalue weighted by molar-refractivity contribution is 7.99. The van der Waals surface area contributed by atoms with Crippen LogP contribution in [0, 0.1) is 5.82 Å². The zero-order valence-corrected chi connectivity index (χ0v) is 11.6. The summed E-state index contributed by atoms with van der Waals surface area (Å²) in [5.41, 5.74) is 5.91. The maximum absolute atomic E-state index is 13.4. The molecule has 2 N–H and O–H groups in total. The zero-order chi connectivity index (χ0) is 13.9. The van der Waals surface area contributed by atoms with Gasteiger partial charge in [-0.05, 0) is 30.3 Å². The fourth-order valence-corrected chi connectivity index (χ4v) is 2.85. The molecular formula is C15H14FNO2S. The first-order valence-electron chi connectivity index (χ1n) is 6.35. The predicted octanol–water partition coefficient (Wildman–Crippen LogP) is 3.72. The number of nitrogen functional groups attached to an aromatic ring is 1. The van der Waals surface area contributed by atoms with E-state index >= 15 is 0 Å². The van der Waals surface area contributed by atoms with E-state index in [2.05, 4.69) is 0 Å². The second kappa shape index (κ2) is 5.63. The summed E-state index contributed by atoms with van der Waals surface area (Å²) in [6, 6.07) is 10.5. The SMILES string of the molecule is Nc1c(F)cccc1Sc1ccc2c(c1)OCCCO2. The number of benzene rings is 2. The van der Waals surface area contributed by atoms with Gasteiger partial charge in [-0.25, -0.2) is 4.39 Å². The number of nitrogens with two attached hydrogens (primary N) is 1. The third kappa shape index (κ3) is 2.67. The molecule has 104 valence electrons. The average Bonchev–Trinajstić information content (AvgIpc) is 2.69. The molecule has 0 fully saturated rings. The summed E-state index contributed by atoms with van der Waals surface area (Å²) in [5, 5.41) is 0. The minimum atomic E-state index is -0.399. The van der Waals surface area contributed by atoms with Gasteiger partial charge in [-0.1, -0.05) is 17.8 Å². The average molecular weight is 291 g/mol. The first-order chi connectivity index (χ1) is 9.74. The van der Waals surface area contributed by atoms with Crippen molar-refractivity contribution in [2.75, 3.05) is 18.9 Å². The standard InChI is InChI=1S/C15H14FNO2S/c16-11-3-1-4-14(15(11)17)20-10-5-6-12-13(9-10)19-8-2-7-18-12/h1,3-6,9H,2,7-8,17H2. The highest BCUT2D eigenvalue weighted by atomic mass is 32.2. The molecule has 2 aromatic rings. The molecule has 3 rings (SSSR count). The Morgan fingerprint density at radius 1 is 1.05 bits per heavy atom. The first kappa shape index (κ1) is 13.1. The summed E-state index contributed by atoms with van der Waals surface area (Å²) in [6.45, 7) is 1.31. The summed E-state index contributed by atoms with van der Waals surface area (Å²) < 4.78 is 24.6. The summed E-state index contributed by atoms with van der Waals surface area (Å²) in [4.78, 5) is 1.63. The Bertz CT molecular complexity index is 633. The predicted molar refractivity (Wildman–Crippen MR) is 77.0 cm³/mol. The molecule has 0 radical (unpaired) electrons. The van der Waals surface area contributed by atoms with Crippen LogP contribution in [0.15, 0.2) is 46.2 Å². The van der Waals surface area contributed by atoms with Crippen LogP contribution >= 0.6 is 11.8 Å². The van der Waals surface area contributed by atoms with Crippen molar-refractivity contribution in [3.63, 3.8) is 0 Å². The summed E-state index contributed by atoms with van der Waals surface area (Å²) in [7, 11) is 0. The summed E-state index contributed by atoms with van der Waals surface area (Å²) in [5.74, 6) is 1.07. The van der Waals surface area contributed by atoms with Crippen LogP contribution in [-0.2, 0) is 0 Å². The molecule has 2 aromatic carbocycles. The molecule has 5 heteroatoms. The van der Waals surface area contributed by atoms with E-state index in [0.29, 0.717) is 18.1 Å². The van der Waals surface area contributed by atoms with Crippen LogP contribution in [0.3, 0.4) is 0 Å². The van der Waals surface area contributed by atoms with E-state index < -0.39 is 5.82 Å². The van der Waals surface area contributed by atoms with Crippen LogP contribution in [0.5, 0.6) is 11.5 Å². The molecule has 3 nitrogen and oxygen atoms in total. The largest absolute Gasteiger partial charge is 0.490 e. The van der Waals surface area contributed by atoms with E-state index in [9.17, 15) is 4.39 Å². The van der Waals surface area contributed by atoms with Crippen LogP contribution in [-0.4, -0.2) is 13.2 Å². The van der Waals surface area contributed by atoms with Crippen molar-refractivity contribution in [3.05, 3.63) is 42.2 Å². The van der Waals surface area contributed by atoms with Gasteiger partial charge in [0, 0.05) is 16.2 Å². The number of anilines is 1. The number of para-hydroxylation sites is 1. The number of halogens is 1. The van der Waals surface area contributed by atoms with Gasteiger partial charge in [-0.2, -0.15) is 0 Å². The van der Waals surface area contributed by atoms with Crippen LogP contribution in [0.1, 0.15) is 6.42 Å². The molecule has 1 aliphatic heterocycles. The number of rotatable bonds is 2. The van der Waals surface area contributed by atoms with E-state index in [4.69, 9.17) is 15.2 Å². The number of ether oxygens (including phenoxy) is 2. The van der Waals surface area contributed by atoms with E-state index in [1.54, 1.807) is 12.1 Å². The Morgan fingerprint density at radius 2 is 1.85 bits per heavy atom. The molecule has 20 heavy (non-hydrogen) atoms. The molecule has 0 saturated heterocycles. The van der Waals surface area contributed by atoms with Gasteiger partial charge in [0.2, 0.25) is 0 Å². The molecule has 0 aliphatic carbocycles. The minimum Gasteiger partial charge on any atom is -0.490 e. The van der Waals surface area contributed by atoms with Crippen molar-refractivity contribution < 1.29 is 13.9 Å². The summed E-state index contributed by atoms with van der Waals surface area (Å²) >= 11 is 1.41. The maximum atomic E-state index is 13.4. The molecule has 0 bridgehead atoms. The van der Waals surface area contributed by atoms with Gasteiger partial charge in [-0.15, -0.1) is 0 Å². The van der Waals surface area contributed by atoms with Gasteiger partial charge in [0.25, 0.3) is 0 Å². The minimum absolute atomic E-state index is 0.171. The Morgan fingerprint density at radius 3 is 2.70 bits per heavy atom. The van der Waals surface area contributed by atoms with Crippen molar-refractivity contribution in [2.45, 2.75) is 16.2 Å². The van der Waals surface area contributed by atoms with Crippen LogP contribution in [0.4, 0.5) is 10.1 Å².